The number of hydrogen-bond donors (Lipinski definition) is 0. The van der Waals surface area contributed by atoms with E-state index in [0.717, 1.165) is 31.4 Å². The van der Waals surface area contributed by atoms with Crippen LogP contribution >= 0.6 is 0 Å². The second-order valence-electron chi connectivity index (χ2n) is 4.94. The largest absolute Gasteiger partial charge is 0.297 e. The normalized spacial score (nSPS) is 16.6. The Morgan fingerprint density at radius 2 is 2.06 bits per heavy atom. The lowest BCUT2D eigenvalue weighted by Crippen LogP contribution is -2.20. The van der Waals surface area contributed by atoms with E-state index in [4.69, 9.17) is 0 Å². The summed E-state index contributed by atoms with van der Waals surface area (Å²) in [6.07, 6.45) is 6.50. The van der Waals surface area contributed by atoms with Gasteiger partial charge in [0.1, 0.15) is 6.54 Å². The number of aromatic nitrogens is 2. The van der Waals surface area contributed by atoms with E-state index in [2.05, 4.69) is 25.0 Å². The fourth-order valence-corrected chi connectivity index (χ4v) is 2.63. The standard InChI is InChI=1S/C14H22N2O/c1-3-12-9-13(4-2)16(15-12)10-14(17)11-7-5-6-8-11/h9,11H,3-8,10H2,1-2H3. The molecule has 0 unspecified atom stereocenters. The van der Waals surface area contributed by atoms with Gasteiger partial charge < -0.3 is 0 Å². The average molecular weight is 234 g/mol. The van der Waals surface area contributed by atoms with Crippen molar-refractivity contribution in [3.63, 3.8) is 0 Å². The predicted octanol–water partition coefficient (Wildman–Crippen LogP) is 2.77. The summed E-state index contributed by atoms with van der Waals surface area (Å²) >= 11 is 0. The SMILES string of the molecule is CCc1cc(CC)n(CC(=O)C2CCCC2)n1. The molecule has 1 aliphatic rings. The van der Waals surface area contributed by atoms with E-state index in [9.17, 15) is 4.79 Å². The lowest BCUT2D eigenvalue weighted by Gasteiger charge is -2.09. The number of ketones is 1. The average Bonchev–Trinajstić information content (AvgIpc) is 2.97. The van der Waals surface area contributed by atoms with Crippen molar-refractivity contribution in [3.8, 4) is 0 Å². The van der Waals surface area contributed by atoms with Crippen LogP contribution < -0.4 is 0 Å². The van der Waals surface area contributed by atoms with Crippen molar-refractivity contribution in [1.82, 2.24) is 9.78 Å². The molecule has 2 rings (SSSR count). The molecular weight excluding hydrogens is 212 g/mol. The molecule has 17 heavy (non-hydrogen) atoms. The highest BCUT2D eigenvalue weighted by molar-refractivity contribution is 5.81. The van der Waals surface area contributed by atoms with Crippen LogP contribution in [0.25, 0.3) is 0 Å². The van der Waals surface area contributed by atoms with Gasteiger partial charge in [-0.3, -0.25) is 9.48 Å². The van der Waals surface area contributed by atoms with Gasteiger partial charge in [0.25, 0.3) is 0 Å². The maximum Gasteiger partial charge on any atom is 0.157 e. The Labute approximate surface area is 103 Å². The smallest absolute Gasteiger partial charge is 0.157 e. The summed E-state index contributed by atoms with van der Waals surface area (Å²) < 4.78 is 1.92. The van der Waals surface area contributed by atoms with Gasteiger partial charge in [-0.25, -0.2) is 0 Å². The van der Waals surface area contributed by atoms with Crippen molar-refractivity contribution in [2.45, 2.75) is 58.9 Å². The van der Waals surface area contributed by atoms with E-state index in [0.29, 0.717) is 18.2 Å². The van der Waals surface area contributed by atoms with Gasteiger partial charge >= 0.3 is 0 Å². The first-order valence-electron chi connectivity index (χ1n) is 6.82. The Morgan fingerprint density at radius 1 is 1.35 bits per heavy atom. The molecule has 0 radical (unpaired) electrons. The molecule has 0 atom stereocenters. The van der Waals surface area contributed by atoms with Crippen LogP contribution in [0.5, 0.6) is 0 Å². The number of nitrogens with zero attached hydrogens (tertiary/aromatic N) is 2. The minimum atomic E-state index is 0.300. The summed E-state index contributed by atoms with van der Waals surface area (Å²) in [6.45, 7) is 4.70. The van der Waals surface area contributed by atoms with Crippen LogP contribution in [0.4, 0.5) is 0 Å². The third-order valence-corrected chi connectivity index (χ3v) is 3.75. The number of Topliss-reactive ketones (excluding diaryl/α,β-unsaturated/α-hetero) is 1. The number of carbonyl (C=O) groups excluding carboxylic acids is 1. The number of carbonyl (C=O) groups is 1. The molecule has 0 aromatic carbocycles. The van der Waals surface area contributed by atoms with Crippen molar-refractivity contribution in [2.75, 3.05) is 0 Å². The van der Waals surface area contributed by atoms with Gasteiger partial charge in [-0.15, -0.1) is 0 Å². The van der Waals surface area contributed by atoms with Gasteiger partial charge in [0.05, 0.1) is 5.69 Å². The number of aryl methyl sites for hydroxylation is 2. The molecule has 1 fully saturated rings. The molecule has 1 aromatic heterocycles. The van der Waals surface area contributed by atoms with Gasteiger partial charge in [-0.1, -0.05) is 26.7 Å². The maximum absolute atomic E-state index is 12.1. The first-order chi connectivity index (χ1) is 8.24. The fraction of sp³-hybridized carbons (Fsp3) is 0.714. The molecule has 94 valence electrons. The quantitative estimate of drug-likeness (QED) is 0.785. The van der Waals surface area contributed by atoms with E-state index < -0.39 is 0 Å². The van der Waals surface area contributed by atoms with Gasteiger partial charge in [0, 0.05) is 11.6 Å². The lowest BCUT2D eigenvalue weighted by atomic mass is 10.0. The monoisotopic (exact) mass is 234 g/mol. The summed E-state index contributed by atoms with van der Waals surface area (Å²) in [5.41, 5.74) is 2.29. The van der Waals surface area contributed by atoms with Crippen molar-refractivity contribution < 1.29 is 4.79 Å². The summed E-state index contributed by atoms with van der Waals surface area (Å²) in [5, 5.41) is 4.51. The van der Waals surface area contributed by atoms with Gasteiger partial charge in [0.2, 0.25) is 0 Å². The van der Waals surface area contributed by atoms with Crippen LogP contribution in [0.15, 0.2) is 6.07 Å². The highest BCUT2D eigenvalue weighted by Crippen LogP contribution is 2.26. The summed E-state index contributed by atoms with van der Waals surface area (Å²) in [7, 11) is 0. The Bertz CT molecular complexity index is 389. The summed E-state index contributed by atoms with van der Waals surface area (Å²) in [5.74, 6) is 0.678. The van der Waals surface area contributed by atoms with Crippen LogP contribution in [0, 0.1) is 5.92 Å². The zero-order valence-corrected chi connectivity index (χ0v) is 10.9. The second kappa shape index (κ2) is 5.48. The molecule has 0 aliphatic heterocycles. The van der Waals surface area contributed by atoms with Crippen molar-refractivity contribution in [1.29, 1.82) is 0 Å². The zero-order chi connectivity index (χ0) is 12.3. The van der Waals surface area contributed by atoms with E-state index in [1.54, 1.807) is 0 Å². The summed E-state index contributed by atoms with van der Waals surface area (Å²) in [6, 6.07) is 2.13. The van der Waals surface area contributed by atoms with Crippen LogP contribution in [-0.4, -0.2) is 15.6 Å². The Kier molecular flexibility index (Phi) is 3.97. The third kappa shape index (κ3) is 2.76. The topological polar surface area (TPSA) is 34.9 Å². The van der Waals surface area contributed by atoms with Gasteiger partial charge in [-0.05, 0) is 31.7 Å². The van der Waals surface area contributed by atoms with E-state index in [1.165, 1.54) is 18.5 Å². The number of rotatable bonds is 5. The van der Waals surface area contributed by atoms with Crippen LogP contribution in [0.3, 0.4) is 0 Å². The van der Waals surface area contributed by atoms with Crippen LogP contribution in [0.2, 0.25) is 0 Å². The Balaban J connectivity index is 2.06. The van der Waals surface area contributed by atoms with E-state index in [1.807, 2.05) is 4.68 Å². The molecule has 3 heteroatoms. The molecule has 0 spiro atoms. The molecular formula is C14H22N2O. The second-order valence-corrected chi connectivity index (χ2v) is 4.94. The first kappa shape index (κ1) is 12.3. The van der Waals surface area contributed by atoms with Crippen molar-refractivity contribution >= 4 is 5.78 Å². The molecule has 0 N–H and O–H groups in total. The predicted molar refractivity (Wildman–Crippen MR) is 67.9 cm³/mol. The van der Waals surface area contributed by atoms with Crippen molar-refractivity contribution in [2.24, 2.45) is 5.92 Å². The highest BCUT2D eigenvalue weighted by atomic mass is 16.1. The first-order valence-corrected chi connectivity index (χ1v) is 6.82. The third-order valence-electron chi connectivity index (χ3n) is 3.75. The molecule has 0 amide bonds. The minimum Gasteiger partial charge on any atom is -0.297 e. The van der Waals surface area contributed by atoms with Crippen LogP contribution in [0.1, 0.15) is 50.9 Å². The van der Waals surface area contributed by atoms with E-state index >= 15 is 0 Å². The molecule has 1 aromatic rings. The van der Waals surface area contributed by atoms with E-state index in [-0.39, 0.29) is 0 Å². The van der Waals surface area contributed by atoms with Crippen molar-refractivity contribution in [3.05, 3.63) is 17.5 Å². The molecule has 0 saturated heterocycles. The van der Waals surface area contributed by atoms with Crippen LogP contribution in [-0.2, 0) is 24.2 Å². The Morgan fingerprint density at radius 3 is 2.65 bits per heavy atom. The van der Waals surface area contributed by atoms with Gasteiger partial charge in [0.15, 0.2) is 5.78 Å². The fourth-order valence-electron chi connectivity index (χ4n) is 2.63. The minimum absolute atomic E-state index is 0.300. The molecule has 1 aliphatic carbocycles. The molecule has 3 nitrogen and oxygen atoms in total. The summed E-state index contributed by atoms with van der Waals surface area (Å²) in [4.78, 5) is 12.1. The molecule has 0 bridgehead atoms. The number of hydrogen-bond acceptors (Lipinski definition) is 2. The highest BCUT2D eigenvalue weighted by Gasteiger charge is 2.23. The molecule has 1 saturated carbocycles. The van der Waals surface area contributed by atoms with Gasteiger partial charge in [-0.2, -0.15) is 5.10 Å². The lowest BCUT2D eigenvalue weighted by molar-refractivity contribution is -0.123. The molecule has 1 heterocycles. The Hall–Kier alpha value is -1.12. The zero-order valence-electron chi connectivity index (χ0n) is 10.9. The maximum atomic E-state index is 12.1.